The molecule has 4 N–H and O–H groups in total. The van der Waals surface area contributed by atoms with Crippen molar-refractivity contribution in [3.8, 4) is 34.4 Å². The van der Waals surface area contributed by atoms with Crippen LogP contribution in [0.15, 0.2) is 48.8 Å². The number of ether oxygens (including phenoxy) is 2. The molecule has 6 rings (SSSR count). The summed E-state index contributed by atoms with van der Waals surface area (Å²) in [5, 5.41) is 14.0. The predicted molar refractivity (Wildman–Crippen MR) is 156 cm³/mol. The Bertz CT molecular complexity index is 1600. The number of anilines is 1. The smallest absolute Gasteiger partial charge is 0.169 e. The second-order valence-corrected chi connectivity index (χ2v) is 13.1. The summed E-state index contributed by atoms with van der Waals surface area (Å²) in [5.41, 5.74) is 12.1. The molecule has 0 spiro atoms. The predicted octanol–water partition coefficient (Wildman–Crippen LogP) is 6.94. The van der Waals surface area contributed by atoms with Crippen LogP contribution >= 0.6 is 10.6 Å². The van der Waals surface area contributed by atoms with Crippen LogP contribution < -0.4 is 15.2 Å². The van der Waals surface area contributed by atoms with Crippen LogP contribution in [0.3, 0.4) is 0 Å². The average molecular weight is 560 g/mol. The average Bonchev–Trinajstić information content (AvgIpc) is 3.60. The van der Waals surface area contributed by atoms with Crippen molar-refractivity contribution < 1.29 is 18.6 Å². The molecule has 0 amide bonds. The first-order valence-corrected chi connectivity index (χ1v) is 15.5. The van der Waals surface area contributed by atoms with Crippen LogP contribution in [0.5, 0.6) is 17.2 Å². The van der Waals surface area contributed by atoms with Gasteiger partial charge in [-0.2, -0.15) is 21.0 Å². The van der Waals surface area contributed by atoms with E-state index in [1.807, 2.05) is 22.7 Å². The Labute approximate surface area is 234 Å². The van der Waals surface area contributed by atoms with E-state index in [0.717, 1.165) is 29.5 Å². The van der Waals surface area contributed by atoms with Gasteiger partial charge in [0.15, 0.2) is 17.3 Å². The summed E-state index contributed by atoms with van der Waals surface area (Å²) < 4.78 is 34.7. The van der Waals surface area contributed by atoms with E-state index in [4.69, 9.17) is 20.3 Å². The summed E-state index contributed by atoms with van der Waals surface area (Å²) in [6, 6.07) is 14.9. The molecule has 1 aliphatic heterocycles. The number of nitriles is 1. The van der Waals surface area contributed by atoms with Crippen molar-refractivity contribution in [1.29, 1.82) is 5.26 Å². The Morgan fingerprint density at radius 3 is 2.52 bits per heavy atom. The molecule has 9 nitrogen and oxygen atoms in total. The highest BCUT2D eigenvalue weighted by molar-refractivity contribution is 8.24. The van der Waals surface area contributed by atoms with E-state index < -0.39 is 10.6 Å². The number of aromatic nitrogens is 3. The molecule has 1 aliphatic carbocycles. The van der Waals surface area contributed by atoms with Gasteiger partial charge in [0.25, 0.3) is 0 Å². The topological polar surface area (TPSA) is 139 Å². The van der Waals surface area contributed by atoms with Crippen LogP contribution in [0.1, 0.15) is 67.2 Å². The number of hydrogen-bond acceptors (Lipinski definition) is 8. The second kappa shape index (κ2) is 10.7. The molecule has 40 heavy (non-hydrogen) atoms. The summed E-state index contributed by atoms with van der Waals surface area (Å²) in [4.78, 5) is 4.36. The molecule has 4 aromatic rings. The first-order chi connectivity index (χ1) is 19.4. The Kier molecular flexibility index (Phi) is 7.04. The lowest BCUT2D eigenvalue weighted by Crippen LogP contribution is -2.20. The molecular weight excluding hydrogens is 526 g/mol. The molecule has 2 fully saturated rings. The minimum Gasteiger partial charge on any atom is -0.493 e. The molecule has 208 valence electrons. The summed E-state index contributed by atoms with van der Waals surface area (Å²) in [6.07, 6.45) is 7.40. The quantitative estimate of drug-likeness (QED) is 0.231. The summed E-state index contributed by atoms with van der Waals surface area (Å²) >= 11 is 0. The zero-order chi connectivity index (χ0) is 27.9. The van der Waals surface area contributed by atoms with Gasteiger partial charge in [-0.05, 0) is 73.1 Å². The Morgan fingerprint density at radius 1 is 1.02 bits per heavy atom. The van der Waals surface area contributed by atoms with Gasteiger partial charge in [-0.15, -0.1) is 0 Å². The summed E-state index contributed by atoms with van der Waals surface area (Å²) in [7, 11) is -0.937. The van der Waals surface area contributed by atoms with E-state index in [9.17, 15) is 14.4 Å². The molecule has 1 saturated heterocycles. The van der Waals surface area contributed by atoms with Crippen molar-refractivity contribution in [3.05, 3.63) is 65.6 Å². The van der Waals surface area contributed by atoms with Crippen LogP contribution in [0.2, 0.25) is 0 Å². The lowest BCUT2D eigenvalue weighted by atomic mass is 9.84. The molecule has 1 saturated carbocycles. The number of nitrogens with two attached hydrogens (primary N) is 1. The fraction of sp³-hybridized carbons (Fsp3) is 0.367. The van der Waals surface area contributed by atoms with Crippen LogP contribution in [-0.2, 0) is 0 Å². The monoisotopic (exact) mass is 559 g/mol. The fourth-order valence-electron chi connectivity index (χ4n) is 6.31. The normalized spacial score (nSPS) is 18.4. The zero-order valence-electron chi connectivity index (χ0n) is 22.4. The molecule has 2 aliphatic rings. The fourth-order valence-corrected chi connectivity index (χ4v) is 7.84. The molecule has 3 heterocycles. The number of nitrogens with zero attached hydrogens (tertiary/aromatic N) is 4. The van der Waals surface area contributed by atoms with E-state index >= 15 is 0 Å². The van der Waals surface area contributed by atoms with Gasteiger partial charge in [0.2, 0.25) is 0 Å². The van der Waals surface area contributed by atoms with Crippen molar-refractivity contribution in [2.24, 2.45) is 0 Å². The number of benzene rings is 2. The van der Waals surface area contributed by atoms with Crippen molar-refractivity contribution >= 4 is 21.9 Å². The minimum atomic E-state index is -2.54. The first kappa shape index (κ1) is 26.4. The standard InChI is InChI=1S/C30H33N5O4S/c1-38-25-16-22(9-10-24(25)39-23-8-4-5-19(15-23)17-31)27-26(20-11-13-40(36,37)14-12-20)28(21-6-2-3-7-21)35-29(27)30(32)33-18-34-35/h4-5,8-10,15-16,18,20-21,36-37H,2-3,6-7,11-14H2,1H3,(H2,32,33,34). The van der Waals surface area contributed by atoms with E-state index in [-0.39, 0.29) is 5.92 Å². The highest BCUT2D eigenvalue weighted by atomic mass is 32.3. The van der Waals surface area contributed by atoms with Gasteiger partial charge in [0, 0.05) is 23.0 Å². The van der Waals surface area contributed by atoms with Crippen LogP contribution in [0.4, 0.5) is 5.82 Å². The van der Waals surface area contributed by atoms with E-state index in [2.05, 4.69) is 11.1 Å². The van der Waals surface area contributed by atoms with Crippen molar-refractivity contribution in [2.45, 2.75) is 50.4 Å². The number of fused-ring (bicyclic) bond motifs is 1. The van der Waals surface area contributed by atoms with Crippen LogP contribution in [-0.4, -0.2) is 42.3 Å². The third-order valence-corrected chi connectivity index (χ3v) is 9.99. The highest BCUT2D eigenvalue weighted by Crippen LogP contribution is 2.54. The summed E-state index contributed by atoms with van der Waals surface area (Å²) in [5.74, 6) is 3.30. The molecule has 2 aromatic carbocycles. The van der Waals surface area contributed by atoms with Gasteiger partial charge in [0.1, 0.15) is 17.6 Å². The van der Waals surface area contributed by atoms with Crippen LogP contribution in [0.25, 0.3) is 16.6 Å². The maximum absolute atomic E-state index is 10.4. The van der Waals surface area contributed by atoms with Gasteiger partial charge in [0.05, 0.1) is 24.4 Å². The Hall–Kier alpha value is -3.78. The molecule has 0 unspecified atom stereocenters. The van der Waals surface area contributed by atoms with Gasteiger partial charge in [-0.3, -0.25) is 9.11 Å². The molecule has 0 radical (unpaired) electrons. The van der Waals surface area contributed by atoms with Crippen molar-refractivity contribution in [1.82, 2.24) is 14.6 Å². The van der Waals surface area contributed by atoms with E-state index in [0.29, 0.717) is 58.9 Å². The van der Waals surface area contributed by atoms with Gasteiger partial charge >= 0.3 is 0 Å². The second-order valence-electron chi connectivity index (χ2n) is 10.7. The molecule has 10 heteroatoms. The van der Waals surface area contributed by atoms with Gasteiger partial charge in [-0.25, -0.2) is 9.50 Å². The lowest BCUT2D eigenvalue weighted by molar-refractivity contribution is 0.379. The van der Waals surface area contributed by atoms with Crippen LogP contribution in [0, 0.1) is 11.3 Å². The largest absolute Gasteiger partial charge is 0.493 e. The Morgan fingerprint density at radius 2 is 1.80 bits per heavy atom. The van der Waals surface area contributed by atoms with Gasteiger partial charge in [-0.1, -0.05) is 25.0 Å². The zero-order valence-corrected chi connectivity index (χ0v) is 23.2. The maximum atomic E-state index is 10.4. The SMILES string of the molecule is COc1cc(-c2c(C3CCS(O)(O)CC3)c(C3CCCC3)n3ncnc(N)c23)ccc1Oc1cccc(C#N)c1. The number of rotatable bonds is 6. The molecule has 0 bridgehead atoms. The minimum absolute atomic E-state index is 0.141. The Balaban J connectivity index is 1.52. The molecule has 2 aromatic heterocycles. The van der Waals surface area contributed by atoms with E-state index in [1.165, 1.54) is 30.4 Å². The number of methoxy groups -OCH3 is 1. The first-order valence-electron chi connectivity index (χ1n) is 13.6. The number of nitrogen functional groups attached to an aromatic ring is 1. The molecule has 0 atom stereocenters. The highest BCUT2D eigenvalue weighted by Gasteiger charge is 2.36. The lowest BCUT2D eigenvalue weighted by Gasteiger charge is -2.39. The van der Waals surface area contributed by atoms with Crippen molar-refractivity contribution in [2.75, 3.05) is 24.3 Å². The molecular formula is C30H33N5O4S. The third kappa shape index (κ3) is 4.85. The van der Waals surface area contributed by atoms with E-state index in [1.54, 1.807) is 31.4 Å². The summed E-state index contributed by atoms with van der Waals surface area (Å²) in [6.45, 7) is 0. The number of hydrogen-bond donors (Lipinski definition) is 3. The maximum Gasteiger partial charge on any atom is 0.169 e. The van der Waals surface area contributed by atoms with Gasteiger partial charge < -0.3 is 15.2 Å². The third-order valence-electron chi connectivity index (χ3n) is 8.21. The van der Waals surface area contributed by atoms with Crippen molar-refractivity contribution in [3.63, 3.8) is 0 Å².